The van der Waals surface area contributed by atoms with Crippen LogP contribution in [-0.2, 0) is 11.2 Å². The summed E-state index contributed by atoms with van der Waals surface area (Å²) in [6.07, 6.45) is 6.17. The zero-order chi connectivity index (χ0) is 11.8. The molecule has 1 aromatic rings. The first-order valence-corrected chi connectivity index (χ1v) is 5.09. The van der Waals surface area contributed by atoms with Crippen LogP contribution in [0.5, 0.6) is 5.75 Å². The molecule has 0 radical (unpaired) electrons. The Labute approximate surface area is 95.8 Å². The molecule has 0 bridgehead atoms. The average Bonchev–Trinajstić information content (AvgIpc) is 2.34. The van der Waals surface area contributed by atoms with Gasteiger partial charge >= 0.3 is 0 Å². The summed E-state index contributed by atoms with van der Waals surface area (Å²) in [5.74, 6) is 3.14. The van der Waals surface area contributed by atoms with E-state index in [9.17, 15) is 4.79 Å². The topological polar surface area (TPSA) is 38.3 Å². The molecule has 0 aliphatic rings. The van der Waals surface area contributed by atoms with Crippen molar-refractivity contribution in [1.29, 1.82) is 0 Å². The number of hydrogen-bond acceptors (Lipinski definition) is 2. The van der Waals surface area contributed by atoms with Crippen molar-refractivity contribution < 1.29 is 9.53 Å². The number of ether oxygens (including phenoxy) is 1. The Kier molecular flexibility index (Phi) is 4.94. The van der Waals surface area contributed by atoms with E-state index in [0.717, 1.165) is 11.3 Å². The number of carbonyl (C=O) groups excluding carboxylic acids is 1. The van der Waals surface area contributed by atoms with Gasteiger partial charge in [0.25, 0.3) is 0 Å². The number of carbonyl (C=O) groups is 1. The van der Waals surface area contributed by atoms with E-state index in [1.165, 1.54) is 0 Å². The van der Waals surface area contributed by atoms with Crippen molar-refractivity contribution in [2.24, 2.45) is 0 Å². The first kappa shape index (κ1) is 12.1. The van der Waals surface area contributed by atoms with Gasteiger partial charge < -0.3 is 10.1 Å². The highest BCUT2D eigenvalue weighted by atomic mass is 16.5. The Morgan fingerprint density at radius 2 is 2.38 bits per heavy atom. The van der Waals surface area contributed by atoms with Crippen molar-refractivity contribution in [2.75, 3.05) is 13.7 Å². The number of aryl methyl sites for hydroxylation is 1. The second-order valence-corrected chi connectivity index (χ2v) is 3.33. The molecule has 0 unspecified atom stereocenters. The van der Waals surface area contributed by atoms with Crippen LogP contribution in [0, 0.1) is 12.3 Å². The van der Waals surface area contributed by atoms with Crippen LogP contribution < -0.4 is 10.1 Å². The number of hydrogen-bond donors (Lipinski definition) is 1. The van der Waals surface area contributed by atoms with Gasteiger partial charge in [-0.15, -0.1) is 6.42 Å². The molecule has 84 valence electrons. The molecule has 3 nitrogen and oxygen atoms in total. The molecule has 3 heteroatoms. The lowest BCUT2D eigenvalue weighted by Crippen LogP contribution is -2.23. The Morgan fingerprint density at radius 1 is 1.56 bits per heavy atom. The van der Waals surface area contributed by atoms with E-state index in [1.54, 1.807) is 7.11 Å². The van der Waals surface area contributed by atoms with E-state index < -0.39 is 0 Å². The van der Waals surface area contributed by atoms with Gasteiger partial charge in [0.05, 0.1) is 13.7 Å². The summed E-state index contributed by atoms with van der Waals surface area (Å²) in [6.45, 7) is 0.289. The highest BCUT2D eigenvalue weighted by Crippen LogP contribution is 2.13. The van der Waals surface area contributed by atoms with Gasteiger partial charge in [0, 0.05) is 6.42 Å². The Morgan fingerprint density at radius 3 is 3.06 bits per heavy atom. The van der Waals surface area contributed by atoms with Crippen LogP contribution in [0.15, 0.2) is 24.3 Å². The normalized spacial score (nSPS) is 9.25. The number of methoxy groups -OCH3 is 1. The molecular weight excluding hydrogens is 202 g/mol. The number of benzene rings is 1. The Bertz CT molecular complexity index is 393. The lowest BCUT2D eigenvalue weighted by Gasteiger charge is -2.04. The molecule has 0 atom stereocenters. The van der Waals surface area contributed by atoms with E-state index in [-0.39, 0.29) is 12.5 Å². The fraction of sp³-hybridized carbons (Fsp3) is 0.308. The fourth-order valence-electron chi connectivity index (χ4n) is 1.32. The molecule has 0 saturated carbocycles. The summed E-state index contributed by atoms with van der Waals surface area (Å²) in [5.41, 5.74) is 1.08. The average molecular weight is 217 g/mol. The molecule has 0 heterocycles. The van der Waals surface area contributed by atoms with E-state index in [2.05, 4.69) is 11.2 Å². The van der Waals surface area contributed by atoms with Crippen LogP contribution in [-0.4, -0.2) is 19.6 Å². The minimum Gasteiger partial charge on any atom is -0.497 e. The summed E-state index contributed by atoms with van der Waals surface area (Å²) in [6, 6.07) is 7.68. The summed E-state index contributed by atoms with van der Waals surface area (Å²) >= 11 is 0. The van der Waals surface area contributed by atoms with Crippen LogP contribution >= 0.6 is 0 Å². The van der Waals surface area contributed by atoms with E-state index in [1.807, 2.05) is 24.3 Å². The van der Waals surface area contributed by atoms with Gasteiger partial charge in [0.15, 0.2) is 0 Å². The second kappa shape index (κ2) is 6.52. The van der Waals surface area contributed by atoms with Crippen molar-refractivity contribution >= 4 is 5.91 Å². The first-order chi connectivity index (χ1) is 7.76. The lowest BCUT2D eigenvalue weighted by atomic mass is 10.1. The number of amides is 1. The summed E-state index contributed by atoms with van der Waals surface area (Å²) < 4.78 is 5.10. The van der Waals surface area contributed by atoms with Crippen molar-refractivity contribution in [3.05, 3.63) is 29.8 Å². The maximum Gasteiger partial charge on any atom is 0.221 e. The third kappa shape index (κ3) is 4.05. The van der Waals surface area contributed by atoms with Crippen LogP contribution in [0.1, 0.15) is 12.0 Å². The first-order valence-electron chi connectivity index (χ1n) is 5.09. The number of terminal acetylenes is 1. The maximum absolute atomic E-state index is 11.3. The monoisotopic (exact) mass is 217 g/mol. The van der Waals surface area contributed by atoms with Gasteiger partial charge in [0.2, 0.25) is 5.91 Å². The van der Waals surface area contributed by atoms with Gasteiger partial charge in [0.1, 0.15) is 5.75 Å². The molecular formula is C13H15NO2. The molecule has 1 N–H and O–H groups in total. The molecule has 0 aliphatic carbocycles. The zero-order valence-electron chi connectivity index (χ0n) is 9.32. The minimum absolute atomic E-state index is 0.0271. The van der Waals surface area contributed by atoms with Gasteiger partial charge in [-0.3, -0.25) is 4.79 Å². The number of rotatable bonds is 5. The third-order valence-electron chi connectivity index (χ3n) is 2.16. The molecule has 1 amide bonds. The van der Waals surface area contributed by atoms with Crippen LogP contribution in [0.4, 0.5) is 0 Å². The van der Waals surface area contributed by atoms with Crippen molar-refractivity contribution in [3.63, 3.8) is 0 Å². The fourth-order valence-corrected chi connectivity index (χ4v) is 1.32. The van der Waals surface area contributed by atoms with Crippen molar-refractivity contribution in [3.8, 4) is 18.1 Å². The van der Waals surface area contributed by atoms with Crippen LogP contribution in [0.25, 0.3) is 0 Å². The molecule has 1 aromatic carbocycles. The maximum atomic E-state index is 11.3. The standard InChI is InChI=1S/C13H15NO2/c1-3-9-14-13(15)8-7-11-5-4-6-12(10-11)16-2/h1,4-6,10H,7-9H2,2H3,(H,14,15). The predicted octanol–water partition coefficient (Wildman–Crippen LogP) is 1.38. The molecule has 0 aromatic heterocycles. The van der Waals surface area contributed by atoms with Gasteiger partial charge in [-0.25, -0.2) is 0 Å². The van der Waals surface area contributed by atoms with Crippen LogP contribution in [0.2, 0.25) is 0 Å². The SMILES string of the molecule is C#CCNC(=O)CCc1cccc(OC)c1. The highest BCUT2D eigenvalue weighted by molar-refractivity contribution is 5.76. The quantitative estimate of drug-likeness (QED) is 0.757. The molecule has 0 saturated heterocycles. The Balaban J connectivity index is 2.42. The van der Waals surface area contributed by atoms with Crippen molar-refractivity contribution in [1.82, 2.24) is 5.32 Å². The molecule has 16 heavy (non-hydrogen) atoms. The summed E-state index contributed by atoms with van der Waals surface area (Å²) in [5, 5.41) is 2.62. The predicted molar refractivity (Wildman–Crippen MR) is 63.2 cm³/mol. The van der Waals surface area contributed by atoms with Crippen LogP contribution in [0.3, 0.4) is 0 Å². The van der Waals surface area contributed by atoms with E-state index >= 15 is 0 Å². The molecule has 0 aliphatic heterocycles. The second-order valence-electron chi connectivity index (χ2n) is 3.33. The largest absolute Gasteiger partial charge is 0.497 e. The molecule has 0 fully saturated rings. The minimum atomic E-state index is -0.0271. The number of nitrogens with one attached hydrogen (secondary N) is 1. The van der Waals surface area contributed by atoms with Gasteiger partial charge in [-0.05, 0) is 24.1 Å². The third-order valence-corrected chi connectivity index (χ3v) is 2.16. The summed E-state index contributed by atoms with van der Waals surface area (Å²) in [7, 11) is 1.62. The highest BCUT2D eigenvalue weighted by Gasteiger charge is 2.01. The molecule has 1 rings (SSSR count). The smallest absolute Gasteiger partial charge is 0.221 e. The van der Waals surface area contributed by atoms with E-state index in [4.69, 9.17) is 11.2 Å². The zero-order valence-corrected chi connectivity index (χ0v) is 9.32. The molecule has 0 spiro atoms. The summed E-state index contributed by atoms with van der Waals surface area (Å²) in [4.78, 5) is 11.3. The van der Waals surface area contributed by atoms with Gasteiger partial charge in [-0.2, -0.15) is 0 Å². The van der Waals surface area contributed by atoms with E-state index in [0.29, 0.717) is 12.8 Å². The van der Waals surface area contributed by atoms with Crippen molar-refractivity contribution in [2.45, 2.75) is 12.8 Å². The lowest BCUT2D eigenvalue weighted by molar-refractivity contribution is -0.120. The van der Waals surface area contributed by atoms with Gasteiger partial charge in [-0.1, -0.05) is 18.1 Å². The Hall–Kier alpha value is -1.95.